The minimum atomic E-state index is -0.890. The standard InChI is InChI=1S/C14H25N3O4/c1-9-6-5-7-10(12(19)21-14(2,3)4)17(9)8-11(18)16-13(15)20/h9-10H,5-8H2,1-4H3,(H3,15,16,18,20)/t9-,10-/m1/s1. The summed E-state index contributed by atoms with van der Waals surface area (Å²) in [5, 5.41) is 2.02. The zero-order chi connectivity index (χ0) is 16.2. The number of imide groups is 1. The fraction of sp³-hybridized carbons (Fsp3) is 0.786. The van der Waals surface area contributed by atoms with Crippen molar-refractivity contribution < 1.29 is 19.1 Å². The Hall–Kier alpha value is -1.63. The quantitative estimate of drug-likeness (QED) is 0.749. The molecule has 1 fully saturated rings. The van der Waals surface area contributed by atoms with Crippen molar-refractivity contribution in [1.82, 2.24) is 10.2 Å². The predicted molar refractivity (Wildman–Crippen MR) is 77.4 cm³/mol. The molecule has 0 spiro atoms. The number of rotatable bonds is 3. The molecule has 0 unspecified atom stereocenters. The van der Waals surface area contributed by atoms with Crippen LogP contribution in [-0.2, 0) is 14.3 Å². The summed E-state index contributed by atoms with van der Waals surface area (Å²) in [5.41, 5.74) is 4.36. The maximum absolute atomic E-state index is 12.3. The van der Waals surface area contributed by atoms with Crippen LogP contribution in [0.1, 0.15) is 47.0 Å². The molecule has 3 amide bonds. The van der Waals surface area contributed by atoms with Crippen LogP contribution in [-0.4, -0.2) is 47.0 Å². The lowest BCUT2D eigenvalue weighted by Gasteiger charge is -2.39. The number of hydrogen-bond donors (Lipinski definition) is 2. The molecule has 1 aliphatic heterocycles. The highest BCUT2D eigenvalue weighted by Gasteiger charge is 2.36. The summed E-state index contributed by atoms with van der Waals surface area (Å²) in [6.07, 6.45) is 2.44. The lowest BCUT2D eigenvalue weighted by molar-refractivity contribution is -0.164. The molecule has 0 aromatic heterocycles. The van der Waals surface area contributed by atoms with E-state index in [1.165, 1.54) is 0 Å². The second-order valence-corrected chi connectivity index (χ2v) is 6.41. The Morgan fingerprint density at radius 1 is 1.29 bits per heavy atom. The summed E-state index contributed by atoms with van der Waals surface area (Å²) < 4.78 is 5.41. The highest BCUT2D eigenvalue weighted by molar-refractivity contribution is 5.94. The minimum Gasteiger partial charge on any atom is -0.459 e. The molecule has 0 aromatic rings. The maximum Gasteiger partial charge on any atom is 0.323 e. The number of hydrogen-bond acceptors (Lipinski definition) is 5. The fourth-order valence-electron chi connectivity index (χ4n) is 2.48. The number of carbonyl (C=O) groups is 3. The van der Waals surface area contributed by atoms with Crippen LogP contribution in [0.3, 0.4) is 0 Å². The number of carbonyl (C=O) groups excluding carboxylic acids is 3. The zero-order valence-corrected chi connectivity index (χ0v) is 13.1. The normalized spacial score (nSPS) is 23.4. The Kier molecular flexibility index (Phi) is 5.71. The number of amides is 3. The lowest BCUT2D eigenvalue weighted by Crippen LogP contribution is -2.54. The molecule has 1 rings (SSSR count). The van der Waals surface area contributed by atoms with Crippen LogP contribution < -0.4 is 11.1 Å². The Bertz CT molecular complexity index is 417. The SMILES string of the molecule is C[C@@H]1CCC[C@H](C(=O)OC(C)(C)C)N1CC(=O)NC(N)=O. The van der Waals surface area contributed by atoms with Gasteiger partial charge in [0.1, 0.15) is 11.6 Å². The van der Waals surface area contributed by atoms with Gasteiger partial charge in [-0.1, -0.05) is 0 Å². The third-order valence-corrected chi connectivity index (χ3v) is 3.33. The summed E-state index contributed by atoms with van der Waals surface area (Å²) in [4.78, 5) is 36.5. The van der Waals surface area contributed by atoms with Crippen molar-refractivity contribution in [1.29, 1.82) is 0 Å². The molecule has 7 nitrogen and oxygen atoms in total. The van der Waals surface area contributed by atoms with E-state index < -0.39 is 23.6 Å². The Balaban J connectivity index is 2.76. The van der Waals surface area contributed by atoms with Gasteiger partial charge in [0, 0.05) is 6.04 Å². The molecule has 0 saturated carbocycles. The van der Waals surface area contributed by atoms with Crippen molar-refractivity contribution in [2.45, 2.75) is 64.6 Å². The van der Waals surface area contributed by atoms with Crippen molar-refractivity contribution in [2.75, 3.05) is 6.54 Å². The molecule has 1 saturated heterocycles. The van der Waals surface area contributed by atoms with Gasteiger partial charge in [0.2, 0.25) is 5.91 Å². The summed E-state index contributed by atoms with van der Waals surface area (Å²) >= 11 is 0. The predicted octanol–water partition coefficient (Wildman–Crippen LogP) is 0.766. The summed E-state index contributed by atoms with van der Waals surface area (Å²) in [5.74, 6) is -0.842. The van der Waals surface area contributed by atoms with Crippen molar-refractivity contribution in [3.8, 4) is 0 Å². The van der Waals surface area contributed by atoms with E-state index in [0.717, 1.165) is 12.8 Å². The number of ether oxygens (including phenoxy) is 1. The van der Waals surface area contributed by atoms with Gasteiger partial charge in [-0.15, -0.1) is 0 Å². The number of piperidine rings is 1. The molecular weight excluding hydrogens is 274 g/mol. The first-order valence-corrected chi connectivity index (χ1v) is 7.18. The van der Waals surface area contributed by atoms with Crippen LogP contribution in [0.5, 0.6) is 0 Å². The third-order valence-electron chi connectivity index (χ3n) is 3.33. The van der Waals surface area contributed by atoms with Crippen LogP contribution in [0.15, 0.2) is 0 Å². The molecule has 0 aromatic carbocycles. The Morgan fingerprint density at radius 3 is 2.43 bits per heavy atom. The van der Waals surface area contributed by atoms with Crippen molar-refractivity contribution in [3.63, 3.8) is 0 Å². The average molecular weight is 299 g/mol. The van der Waals surface area contributed by atoms with E-state index in [1.807, 2.05) is 12.2 Å². The smallest absolute Gasteiger partial charge is 0.323 e. The molecule has 21 heavy (non-hydrogen) atoms. The maximum atomic E-state index is 12.3. The highest BCUT2D eigenvalue weighted by Crippen LogP contribution is 2.24. The average Bonchev–Trinajstić information content (AvgIpc) is 2.28. The second kappa shape index (κ2) is 6.89. The summed E-state index contributed by atoms with van der Waals surface area (Å²) in [6, 6.07) is -1.29. The number of urea groups is 1. The molecule has 120 valence electrons. The molecule has 2 atom stereocenters. The minimum absolute atomic E-state index is 0.0476. The van der Waals surface area contributed by atoms with Crippen molar-refractivity contribution in [3.05, 3.63) is 0 Å². The summed E-state index contributed by atoms with van der Waals surface area (Å²) in [6.45, 7) is 7.33. The van der Waals surface area contributed by atoms with Gasteiger partial charge < -0.3 is 10.5 Å². The lowest BCUT2D eigenvalue weighted by atomic mass is 9.96. The Morgan fingerprint density at radius 2 is 1.90 bits per heavy atom. The van der Waals surface area contributed by atoms with E-state index in [2.05, 4.69) is 0 Å². The molecule has 0 bridgehead atoms. The van der Waals surface area contributed by atoms with Gasteiger partial charge in [0.25, 0.3) is 0 Å². The van der Waals surface area contributed by atoms with E-state index in [4.69, 9.17) is 10.5 Å². The first kappa shape index (κ1) is 17.4. The van der Waals surface area contributed by atoms with Gasteiger partial charge in [0.05, 0.1) is 6.54 Å². The molecule has 1 heterocycles. The molecule has 0 radical (unpaired) electrons. The van der Waals surface area contributed by atoms with E-state index >= 15 is 0 Å². The number of likely N-dealkylation sites (tertiary alicyclic amines) is 1. The van der Waals surface area contributed by atoms with Gasteiger partial charge in [0.15, 0.2) is 0 Å². The monoisotopic (exact) mass is 299 g/mol. The van der Waals surface area contributed by atoms with Crippen LogP contribution in [0.2, 0.25) is 0 Å². The first-order chi connectivity index (χ1) is 9.60. The molecule has 7 heteroatoms. The van der Waals surface area contributed by atoms with Gasteiger partial charge in [-0.3, -0.25) is 19.8 Å². The number of nitrogens with two attached hydrogens (primary N) is 1. The molecule has 1 aliphatic rings. The molecular formula is C14H25N3O4. The van der Waals surface area contributed by atoms with Gasteiger partial charge in [-0.2, -0.15) is 0 Å². The molecule has 0 aliphatic carbocycles. The first-order valence-electron chi connectivity index (χ1n) is 7.18. The number of nitrogens with zero attached hydrogens (tertiary/aromatic N) is 1. The van der Waals surface area contributed by atoms with E-state index in [0.29, 0.717) is 6.42 Å². The van der Waals surface area contributed by atoms with E-state index in [-0.39, 0.29) is 18.6 Å². The van der Waals surface area contributed by atoms with Gasteiger partial charge >= 0.3 is 12.0 Å². The third kappa shape index (κ3) is 5.71. The number of esters is 1. The summed E-state index contributed by atoms with van der Waals surface area (Å²) in [7, 11) is 0. The van der Waals surface area contributed by atoms with Crippen LogP contribution in [0.25, 0.3) is 0 Å². The van der Waals surface area contributed by atoms with Crippen molar-refractivity contribution in [2.24, 2.45) is 5.73 Å². The van der Waals surface area contributed by atoms with Gasteiger partial charge in [-0.05, 0) is 47.0 Å². The molecule has 3 N–H and O–H groups in total. The fourth-order valence-corrected chi connectivity index (χ4v) is 2.48. The number of nitrogens with one attached hydrogen (secondary N) is 1. The number of primary amides is 1. The van der Waals surface area contributed by atoms with Gasteiger partial charge in [-0.25, -0.2) is 4.79 Å². The van der Waals surface area contributed by atoms with E-state index in [9.17, 15) is 14.4 Å². The largest absolute Gasteiger partial charge is 0.459 e. The zero-order valence-electron chi connectivity index (χ0n) is 13.1. The second-order valence-electron chi connectivity index (χ2n) is 6.41. The van der Waals surface area contributed by atoms with Crippen LogP contribution in [0, 0.1) is 0 Å². The Labute approximate surface area is 125 Å². The highest BCUT2D eigenvalue weighted by atomic mass is 16.6. The van der Waals surface area contributed by atoms with Crippen LogP contribution in [0.4, 0.5) is 4.79 Å². The van der Waals surface area contributed by atoms with Crippen LogP contribution >= 0.6 is 0 Å². The van der Waals surface area contributed by atoms with Crippen molar-refractivity contribution >= 4 is 17.9 Å². The van der Waals surface area contributed by atoms with E-state index in [1.54, 1.807) is 25.7 Å². The topological polar surface area (TPSA) is 102 Å².